The molecule has 3 atom stereocenters. The highest BCUT2D eigenvalue weighted by Crippen LogP contribution is 2.45. The second kappa shape index (κ2) is 4.18. The van der Waals surface area contributed by atoms with Crippen LogP contribution in [0.4, 0.5) is 18.9 Å². The number of rotatable bonds is 2. The predicted octanol–water partition coefficient (Wildman–Crippen LogP) is 4.31. The average Bonchev–Trinajstić information content (AvgIpc) is 2.90. The van der Waals surface area contributed by atoms with Crippen LogP contribution in [0, 0.1) is 11.8 Å². The van der Waals surface area contributed by atoms with Crippen molar-refractivity contribution in [1.29, 1.82) is 0 Å². The van der Waals surface area contributed by atoms with Crippen LogP contribution in [0.3, 0.4) is 0 Å². The van der Waals surface area contributed by atoms with Crippen LogP contribution in [0.25, 0.3) is 0 Å². The highest BCUT2D eigenvalue weighted by molar-refractivity contribution is 5.46. The first kappa shape index (κ1) is 11.9. The molecule has 0 spiro atoms. The highest BCUT2D eigenvalue weighted by Gasteiger charge is 2.39. The Morgan fingerprint density at radius 3 is 2.22 bits per heavy atom. The van der Waals surface area contributed by atoms with E-state index in [1.54, 1.807) is 0 Å². The molecule has 2 aliphatic carbocycles. The van der Waals surface area contributed by atoms with Crippen molar-refractivity contribution in [3.8, 4) is 0 Å². The second-order valence-electron chi connectivity index (χ2n) is 5.50. The van der Waals surface area contributed by atoms with Crippen LogP contribution in [0.2, 0.25) is 0 Å². The monoisotopic (exact) mass is 255 g/mol. The molecule has 98 valence electrons. The maximum atomic E-state index is 12.4. The summed E-state index contributed by atoms with van der Waals surface area (Å²) in [5, 5.41) is 3.38. The van der Waals surface area contributed by atoms with E-state index in [9.17, 15) is 13.2 Å². The van der Waals surface area contributed by atoms with Crippen molar-refractivity contribution in [2.45, 2.75) is 37.9 Å². The molecule has 0 aliphatic heterocycles. The highest BCUT2D eigenvalue weighted by atomic mass is 19.4. The lowest BCUT2D eigenvalue weighted by Gasteiger charge is -2.24. The minimum absolute atomic E-state index is 0.459. The Kier molecular flexibility index (Phi) is 2.76. The molecular formula is C14H16F3N. The van der Waals surface area contributed by atoms with Crippen molar-refractivity contribution in [1.82, 2.24) is 0 Å². The van der Waals surface area contributed by atoms with Gasteiger partial charge in [0.25, 0.3) is 0 Å². The lowest BCUT2D eigenvalue weighted by Crippen LogP contribution is -2.25. The van der Waals surface area contributed by atoms with Crippen LogP contribution in [0.1, 0.15) is 31.2 Å². The van der Waals surface area contributed by atoms with Crippen LogP contribution >= 0.6 is 0 Å². The first-order valence-corrected chi connectivity index (χ1v) is 6.46. The van der Waals surface area contributed by atoms with Gasteiger partial charge >= 0.3 is 6.18 Å². The normalized spacial score (nSPS) is 30.7. The fourth-order valence-corrected chi connectivity index (χ4v) is 3.39. The SMILES string of the molecule is FC(F)(F)c1ccc(N[C@H]2C[C@@H]3CC[C@H]2C3)cc1. The van der Waals surface area contributed by atoms with Gasteiger partial charge in [-0.1, -0.05) is 6.42 Å². The summed E-state index contributed by atoms with van der Waals surface area (Å²) < 4.78 is 37.3. The van der Waals surface area contributed by atoms with E-state index in [4.69, 9.17) is 0 Å². The van der Waals surface area contributed by atoms with E-state index in [-0.39, 0.29) is 0 Å². The Morgan fingerprint density at radius 2 is 1.72 bits per heavy atom. The van der Waals surface area contributed by atoms with E-state index in [1.807, 2.05) is 0 Å². The largest absolute Gasteiger partial charge is 0.416 e. The number of anilines is 1. The fraction of sp³-hybridized carbons (Fsp3) is 0.571. The lowest BCUT2D eigenvalue weighted by atomic mass is 9.95. The molecule has 1 aromatic carbocycles. The zero-order valence-electron chi connectivity index (χ0n) is 10.0. The third-order valence-corrected chi connectivity index (χ3v) is 4.30. The van der Waals surface area contributed by atoms with Gasteiger partial charge in [-0.05, 0) is 55.4 Å². The van der Waals surface area contributed by atoms with Crippen LogP contribution in [0.15, 0.2) is 24.3 Å². The maximum Gasteiger partial charge on any atom is 0.416 e. The molecule has 0 amide bonds. The van der Waals surface area contributed by atoms with Crippen molar-refractivity contribution in [3.05, 3.63) is 29.8 Å². The Labute approximate surface area is 104 Å². The molecule has 0 heterocycles. The van der Waals surface area contributed by atoms with Gasteiger partial charge in [-0.2, -0.15) is 13.2 Å². The molecule has 18 heavy (non-hydrogen) atoms. The number of hydrogen-bond acceptors (Lipinski definition) is 1. The molecule has 2 bridgehead atoms. The molecule has 1 nitrogen and oxygen atoms in total. The Hall–Kier alpha value is -1.19. The maximum absolute atomic E-state index is 12.4. The zero-order valence-corrected chi connectivity index (χ0v) is 10.0. The first-order chi connectivity index (χ1) is 8.52. The molecule has 2 fully saturated rings. The standard InChI is InChI=1S/C14H16F3N/c15-14(16,17)11-3-5-12(6-4-11)18-13-8-9-1-2-10(13)7-9/h3-6,9-10,13,18H,1-2,7-8H2/t9-,10+,13+/m1/s1. The van der Waals surface area contributed by atoms with Gasteiger partial charge in [0.15, 0.2) is 0 Å². The summed E-state index contributed by atoms with van der Waals surface area (Å²) in [5.41, 5.74) is 0.224. The van der Waals surface area contributed by atoms with Crippen molar-refractivity contribution in [2.24, 2.45) is 11.8 Å². The van der Waals surface area contributed by atoms with Crippen LogP contribution in [-0.2, 0) is 6.18 Å². The fourth-order valence-electron chi connectivity index (χ4n) is 3.39. The summed E-state index contributed by atoms with van der Waals surface area (Å²) in [7, 11) is 0. The second-order valence-corrected chi connectivity index (χ2v) is 5.50. The molecule has 0 unspecified atom stereocenters. The zero-order chi connectivity index (χ0) is 12.8. The summed E-state index contributed by atoms with van der Waals surface area (Å²) in [4.78, 5) is 0. The third kappa shape index (κ3) is 2.20. The van der Waals surface area contributed by atoms with Gasteiger partial charge in [0.05, 0.1) is 5.56 Å². The lowest BCUT2D eigenvalue weighted by molar-refractivity contribution is -0.137. The molecule has 0 radical (unpaired) electrons. The molecule has 1 aromatic rings. The number of fused-ring (bicyclic) bond motifs is 2. The summed E-state index contributed by atoms with van der Waals surface area (Å²) in [5.74, 6) is 1.55. The third-order valence-electron chi connectivity index (χ3n) is 4.30. The van der Waals surface area contributed by atoms with E-state index in [0.29, 0.717) is 6.04 Å². The molecule has 2 aliphatic rings. The van der Waals surface area contributed by atoms with Gasteiger partial charge < -0.3 is 5.32 Å². The van der Waals surface area contributed by atoms with E-state index in [1.165, 1.54) is 37.8 Å². The molecule has 4 heteroatoms. The van der Waals surface area contributed by atoms with E-state index in [0.717, 1.165) is 29.7 Å². The van der Waals surface area contributed by atoms with Crippen molar-refractivity contribution in [3.63, 3.8) is 0 Å². The van der Waals surface area contributed by atoms with Crippen molar-refractivity contribution >= 4 is 5.69 Å². The average molecular weight is 255 g/mol. The topological polar surface area (TPSA) is 12.0 Å². The van der Waals surface area contributed by atoms with Crippen LogP contribution < -0.4 is 5.32 Å². The molecule has 2 saturated carbocycles. The van der Waals surface area contributed by atoms with Gasteiger partial charge in [-0.25, -0.2) is 0 Å². The van der Waals surface area contributed by atoms with E-state index in [2.05, 4.69) is 5.32 Å². The summed E-state index contributed by atoms with van der Waals surface area (Å²) >= 11 is 0. The van der Waals surface area contributed by atoms with Gasteiger partial charge in [0.1, 0.15) is 0 Å². The number of nitrogens with one attached hydrogen (secondary N) is 1. The van der Waals surface area contributed by atoms with Crippen LogP contribution in [0.5, 0.6) is 0 Å². The Balaban J connectivity index is 1.67. The molecule has 0 aromatic heterocycles. The molecule has 3 rings (SSSR count). The minimum Gasteiger partial charge on any atom is -0.382 e. The Morgan fingerprint density at radius 1 is 1.00 bits per heavy atom. The van der Waals surface area contributed by atoms with Gasteiger partial charge in [0.2, 0.25) is 0 Å². The minimum atomic E-state index is -4.25. The summed E-state index contributed by atoms with van der Waals surface area (Å²) in [6.45, 7) is 0. The van der Waals surface area contributed by atoms with Gasteiger partial charge in [0, 0.05) is 11.7 Å². The van der Waals surface area contributed by atoms with Gasteiger partial charge in [-0.15, -0.1) is 0 Å². The number of hydrogen-bond donors (Lipinski definition) is 1. The predicted molar refractivity (Wildman–Crippen MR) is 64.3 cm³/mol. The van der Waals surface area contributed by atoms with E-state index >= 15 is 0 Å². The quantitative estimate of drug-likeness (QED) is 0.830. The molecule has 0 saturated heterocycles. The van der Waals surface area contributed by atoms with E-state index < -0.39 is 11.7 Å². The van der Waals surface area contributed by atoms with Gasteiger partial charge in [-0.3, -0.25) is 0 Å². The van der Waals surface area contributed by atoms with Crippen molar-refractivity contribution in [2.75, 3.05) is 5.32 Å². The first-order valence-electron chi connectivity index (χ1n) is 6.46. The number of halogens is 3. The summed E-state index contributed by atoms with van der Waals surface area (Å²) in [6.07, 6.45) is 0.813. The summed E-state index contributed by atoms with van der Waals surface area (Å²) in [6, 6.07) is 5.83. The Bertz CT molecular complexity index is 424. The molecular weight excluding hydrogens is 239 g/mol. The van der Waals surface area contributed by atoms with Crippen LogP contribution in [-0.4, -0.2) is 6.04 Å². The number of alkyl halides is 3. The van der Waals surface area contributed by atoms with Crippen molar-refractivity contribution < 1.29 is 13.2 Å². The molecule has 1 N–H and O–H groups in total. The number of benzene rings is 1. The smallest absolute Gasteiger partial charge is 0.382 e.